The summed E-state index contributed by atoms with van der Waals surface area (Å²) >= 11 is 12.4. The van der Waals surface area contributed by atoms with Gasteiger partial charge in [0.15, 0.2) is 5.60 Å². The highest BCUT2D eigenvalue weighted by Gasteiger charge is 2.40. The standard InChI is InChI=1S/C23H25Cl2N3O.C6H8O7/c1-16-11-20(29-27-16)13-19-3-2-4-23(19)28(14-17-7-9-26-10-8-17)15-18-5-6-21(24)22(25)12-18;7-3(8)1-6(13,5(11)12)2-4(9)10/h5-12,19,23H,2-4,13-15H2,1H3;13H,1-2H2,(H,7,8)(H,9,10)(H,11,12)/t19-,23+;/m0./s1. The Morgan fingerprint density at radius 2 is 1.60 bits per heavy atom. The minimum Gasteiger partial charge on any atom is -0.481 e. The van der Waals surface area contributed by atoms with Gasteiger partial charge in [0, 0.05) is 44.0 Å². The monoisotopic (exact) mass is 621 g/mol. The van der Waals surface area contributed by atoms with E-state index in [4.69, 9.17) is 48.2 Å². The average molecular weight is 623 g/mol. The zero-order valence-electron chi connectivity index (χ0n) is 22.9. The van der Waals surface area contributed by atoms with Crippen LogP contribution in [0, 0.1) is 12.8 Å². The van der Waals surface area contributed by atoms with E-state index in [2.05, 4.69) is 39.3 Å². The summed E-state index contributed by atoms with van der Waals surface area (Å²) in [7, 11) is 0. The van der Waals surface area contributed by atoms with Gasteiger partial charge in [-0.2, -0.15) is 0 Å². The summed E-state index contributed by atoms with van der Waals surface area (Å²) in [5.41, 5.74) is 0.646. The molecular weight excluding hydrogens is 589 g/mol. The number of rotatable bonds is 12. The molecule has 2 heterocycles. The minimum atomic E-state index is -2.74. The Labute approximate surface area is 252 Å². The van der Waals surface area contributed by atoms with Gasteiger partial charge < -0.3 is 24.9 Å². The predicted molar refractivity (Wildman–Crippen MR) is 153 cm³/mol. The van der Waals surface area contributed by atoms with Gasteiger partial charge in [0.1, 0.15) is 5.76 Å². The van der Waals surface area contributed by atoms with E-state index in [1.54, 1.807) is 0 Å². The second kappa shape index (κ2) is 15.1. The van der Waals surface area contributed by atoms with Crippen LogP contribution in [0.1, 0.15) is 54.7 Å². The molecule has 4 N–H and O–H groups in total. The van der Waals surface area contributed by atoms with Gasteiger partial charge in [-0.1, -0.05) is 40.8 Å². The number of carbonyl (C=O) groups is 3. The summed E-state index contributed by atoms with van der Waals surface area (Å²) in [6, 6.07) is 12.6. The third kappa shape index (κ3) is 9.80. The van der Waals surface area contributed by atoms with Crippen LogP contribution in [0.25, 0.3) is 0 Å². The van der Waals surface area contributed by atoms with Crippen molar-refractivity contribution < 1.29 is 39.3 Å². The molecule has 4 rings (SSSR count). The van der Waals surface area contributed by atoms with E-state index in [0.29, 0.717) is 22.0 Å². The number of aliphatic hydroxyl groups is 1. The van der Waals surface area contributed by atoms with Gasteiger partial charge in [0.05, 0.1) is 28.6 Å². The van der Waals surface area contributed by atoms with Crippen LogP contribution in [-0.4, -0.2) is 65.0 Å². The molecule has 13 heteroatoms. The number of pyridine rings is 1. The molecule has 0 radical (unpaired) electrons. The SMILES string of the molecule is Cc1cc(C[C@@H]2CCC[C@H]2N(Cc2ccncc2)Cc2ccc(Cl)c(Cl)c2)on1.O=C(O)CC(O)(CC(=O)O)C(=O)O. The Balaban J connectivity index is 0.000000316. The van der Waals surface area contributed by atoms with Crippen molar-refractivity contribution >= 4 is 41.1 Å². The predicted octanol–water partition coefficient (Wildman–Crippen LogP) is 4.85. The van der Waals surface area contributed by atoms with Crippen molar-refractivity contribution in [1.29, 1.82) is 0 Å². The molecule has 226 valence electrons. The first kappa shape index (κ1) is 33.0. The number of aromatic nitrogens is 2. The smallest absolute Gasteiger partial charge is 0.336 e. The van der Waals surface area contributed by atoms with Crippen LogP contribution in [-0.2, 0) is 33.9 Å². The molecule has 1 aliphatic carbocycles. The van der Waals surface area contributed by atoms with Crippen molar-refractivity contribution in [1.82, 2.24) is 15.0 Å². The lowest BCUT2D eigenvalue weighted by molar-refractivity contribution is -0.170. The summed E-state index contributed by atoms with van der Waals surface area (Å²) in [6.07, 6.45) is 5.98. The van der Waals surface area contributed by atoms with Crippen LogP contribution >= 0.6 is 23.2 Å². The van der Waals surface area contributed by atoms with Gasteiger partial charge in [-0.05, 0) is 61.1 Å². The van der Waals surface area contributed by atoms with Crippen molar-refractivity contribution in [3.63, 3.8) is 0 Å². The molecule has 0 bridgehead atoms. The maximum atomic E-state index is 10.3. The number of halogens is 2. The topological polar surface area (TPSA) is 174 Å². The summed E-state index contributed by atoms with van der Waals surface area (Å²) in [5.74, 6) is -3.49. The zero-order chi connectivity index (χ0) is 30.9. The van der Waals surface area contributed by atoms with E-state index in [-0.39, 0.29) is 0 Å². The average Bonchev–Trinajstić information content (AvgIpc) is 3.54. The van der Waals surface area contributed by atoms with Crippen LogP contribution in [0.3, 0.4) is 0 Å². The Morgan fingerprint density at radius 3 is 2.14 bits per heavy atom. The Bertz CT molecular complexity index is 1350. The van der Waals surface area contributed by atoms with Gasteiger partial charge in [-0.25, -0.2) is 4.79 Å². The van der Waals surface area contributed by atoms with E-state index in [1.807, 2.05) is 31.5 Å². The molecule has 0 spiro atoms. The van der Waals surface area contributed by atoms with Crippen molar-refractivity contribution in [3.8, 4) is 0 Å². The fourth-order valence-electron chi connectivity index (χ4n) is 5.11. The number of aryl methyl sites for hydroxylation is 1. The zero-order valence-corrected chi connectivity index (χ0v) is 24.5. The highest BCUT2D eigenvalue weighted by atomic mass is 35.5. The number of carboxylic acids is 3. The Kier molecular flexibility index (Phi) is 11.9. The van der Waals surface area contributed by atoms with Crippen molar-refractivity contribution in [2.75, 3.05) is 0 Å². The third-order valence-electron chi connectivity index (χ3n) is 7.02. The third-order valence-corrected chi connectivity index (χ3v) is 7.76. The van der Waals surface area contributed by atoms with Crippen molar-refractivity contribution in [2.45, 2.75) is 70.2 Å². The van der Waals surface area contributed by atoms with E-state index in [9.17, 15) is 14.4 Å². The van der Waals surface area contributed by atoms with Crippen LogP contribution in [0.5, 0.6) is 0 Å². The Morgan fingerprint density at radius 1 is 0.952 bits per heavy atom. The van der Waals surface area contributed by atoms with Gasteiger partial charge in [0.25, 0.3) is 0 Å². The molecule has 0 amide bonds. The molecule has 0 unspecified atom stereocenters. The number of aliphatic carboxylic acids is 3. The fraction of sp³-hybridized carbons (Fsp3) is 0.414. The van der Waals surface area contributed by atoms with Crippen LogP contribution < -0.4 is 0 Å². The van der Waals surface area contributed by atoms with Gasteiger partial charge in [-0.15, -0.1) is 0 Å². The first-order valence-electron chi connectivity index (χ1n) is 13.2. The molecule has 0 saturated heterocycles. The van der Waals surface area contributed by atoms with E-state index < -0.39 is 36.4 Å². The molecule has 1 aliphatic rings. The molecule has 3 aromatic rings. The van der Waals surface area contributed by atoms with E-state index in [0.717, 1.165) is 31.0 Å². The highest BCUT2D eigenvalue weighted by molar-refractivity contribution is 6.42. The molecule has 2 aromatic heterocycles. The summed E-state index contributed by atoms with van der Waals surface area (Å²) in [4.78, 5) is 37.2. The van der Waals surface area contributed by atoms with Crippen molar-refractivity contribution in [2.24, 2.45) is 5.92 Å². The van der Waals surface area contributed by atoms with Gasteiger partial charge >= 0.3 is 17.9 Å². The number of nitrogens with zero attached hydrogens (tertiary/aromatic N) is 3. The maximum Gasteiger partial charge on any atom is 0.336 e. The highest BCUT2D eigenvalue weighted by Crippen LogP contribution is 2.35. The largest absolute Gasteiger partial charge is 0.481 e. The maximum absolute atomic E-state index is 10.3. The number of benzene rings is 1. The molecule has 0 aliphatic heterocycles. The first-order chi connectivity index (χ1) is 19.9. The molecule has 1 fully saturated rings. The molecular formula is C29H33Cl2N3O8. The summed E-state index contributed by atoms with van der Waals surface area (Å²) in [6.45, 7) is 3.67. The molecule has 11 nitrogen and oxygen atoms in total. The lowest BCUT2D eigenvalue weighted by atomic mass is 9.95. The summed E-state index contributed by atoms with van der Waals surface area (Å²) in [5, 5.41) is 39.1. The molecule has 42 heavy (non-hydrogen) atoms. The van der Waals surface area contributed by atoms with E-state index in [1.165, 1.54) is 30.4 Å². The van der Waals surface area contributed by atoms with Crippen LogP contribution in [0.15, 0.2) is 53.3 Å². The van der Waals surface area contributed by atoms with Crippen molar-refractivity contribution in [3.05, 3.63) is 81.4 Å². The number of hydrogen-bond acceptors (Lipinski definition) is 8. The quantitative estimate of drug-likeness (QED) is 0.217. The minimum absolute atomic E-state index is 0.475. The first-order valence-corrected chi connectivity index (χ1v) is 14.0. The van der Waals surface area contributed by atoms with E-state index >= 15 is 0 Å². The molecule has 1 aromatic carbocycles. The van der Waals surface area contributed by atoms with Gasteiger partial charge in [-0.3, -0.25) is 19.5 Å². The second-order valence-corrected chi connectivity index (χ2v) is 11.2. The van der Waals surface area contributed by atoms with Crippen LogP contribution in [0.2, 0.25) is 10.0 Å². The normalized spacial score (nSPS) is 16.6. The summed E-state index contributed by atoms with van der Waals surface area (Å²) < 4.78 is 5.51. The van der Waals surface area contributed by atoms with Crippen LogP contribution in [0.4, 0.5) is 0 Å². The second-order valence-electron chi connectivity index (χ2n) is 10.4. The lowest BCUT2D eigenvalue weighted by Gasteiger charge is -2.33. The number of hydrogen-bond donors (Lipinski definition) is 4. The molecule has 1 saturated carbocycles. The Hall–Kier alpha value is -3.51. The van der Waals surface area contributed by atoms with Gasteiger partial charge in [0.2, 0.25) is 0 Å². The number of carboxylic acid groups (broad SMARTS) is 3. The molecule has 2 atom stereocenters. The lowest BCUT2D eigenvalue weighted by Crippen LogP contribution is -2.42. The fourth-order valence-corrected chi connectivity index (χ4v) is 5.43.